The summed E-state index contributed by atoms with van der Waals surface area (Å²) in [6.45, 7) is 7.12. The fourth-order valence-electron chi connectivity index (χ4n) is 2.21. The standard InChI is InChI=1S/C11H20N2O/c1-7-3-9(7)5-13-11(14)10-6-12-4-8(10)2/h7-10,12H,3-6H2,1-2H3,(H,13,14)/t7?,8-,9?,10-/m1/s1. The largest absolute Gasteiger partial charge is 0.356 e. The topological polar surface area (TPSA) is 41.1 Å². The summed E-state index contributed by atoms with van der Waals surface area (Å²) in [5.74, 6) is 2.52. The van der Waals surface area contributed by atoms with Gasteiger partial charge in [0, 0.05) is 13.1 Å². The Balaban J connectivity index is 1.72. The lowest BCUT2D eigenvalue weighted by atomic mass is 9.97. The average molecular weight is 196 g/mol. The minimum Gasteiger partial charge on any atom is -0.356 e. The highest BCUT2D eigenvalue weighted by molar-refractivity contribution is 5.79. The molecule has 2 aliphatic rings. The summed E-state index contributed by atoms with van der Waals surface area (Å²) in [4.78, 5) is 11.7. The first-order chi connectivity index (χ1) is 6.68. The first-order valence-electron chi connectivity index (χ1n) is 5.67. The van der Waals surface area contributed by atoms with Gasteiger partial charge in [-0.05, 0) is 30.7 Å². The second-order valence-corrected chi connectivity index (χ2v) is 4.96. The first-order valence-corrected chi connectivity index (χ1v) is 5.67. The van der Waals surface area contributed by atoms with Crippen molar-refractivity contribution in [1.29, 1.82) is 0 Å². The smallest absolute Gasteiger partial charge is 0.224 e. The summed E-state index contributed by atoms with van der Waals surface area (Å²) < 4.78 is 0. The fraction of sp³-hybridized carbons (Fsp3) is 0.909. The number of amides is 1. The molecule has 2 fully saturated rings. The maximum Gasteiger partial charge on any atom is 0.224 e. The van der Waals surface area contributed by atoms with Gasteiger partial charge in [-0.15, -0.1) is 0 Å². The number of hydrogen-bond acceptors (Lipinski definition) is 2. The zero-order valence-corrected chi connectivity index (χ0v) is 9.05. The molecule has 0 aromatic carbocycles. The summed E-state index contributed by atoms with van der Waals surface area (Å²) >= 11 is 0. The van der Waals surface area contributed by atoms with Crippen LogP contribution in [0.15, 0.2) is 0 Å². The van der Waals surface area contributed by atoms with Crippen LogP contribution < -0.4 is 10.6 Å². The molecule has 0 bridgehead atoms. The Bertz CT molecular complexity index is 229. The molecule has 80 valence electrons. The molecule has 3 nitrogen and oxygen atoms in total. The van der Waals surface area contributed by atoms with E-state index in [2.05, 4.69) is 24.5 Å². The van der Waals surface area contributed by atoms with Crippen LogP contribution in [0.25, 0.3) is 0 Å². The molecule has 1 amide bonds. The van der Waals surface area contributed by atoms with Crippen LogP contribution in [0, 0.1) is 23.7 Å². The Kier molecular flexibility index (Phi) is 2.77. The SMILES string of the molecule is CC1CC1CNC(=O)[C@@H]1CNC[C@H]1C. The molecule has 1 saturated carbocycles. The Labute approximate surface area is 85.6 Å². The molecule has 0 aromatic rings. The van der Waals surface area contributed by atoms with E-state index in [1.807, 2.05) is 0 Å². The number of carbonyl (C=O) groups excluding carboxylic acids is 1. The highest BCUT2D eigenvalue weighted by Gasteiger charge is 2.34. The summed E-state index contributed by atoms with van der Waals surface area (Å²) in [6, 6.07) is 0. The van der Waals surface area contributed by atoms with Crippen LogP contribution in [-0.4, -0.2) is 25.5 Å². The Hall–Kier alpha value is -0.570. The van der Waals surface area contributed by atoms with Crippen LogP contribution in [-0.2, 0) is 4.79 Å². The Morgan fingerprint density at radius 3 is 2.57 bits per heavy atom. The van der Waals surface area contributed by atoms with Gasteiger partial charge in [0.2, 0.25) is 5.91 Å². The molecule has 0 aromatic heterocycles. The lowest BCUT2D eigenvalue weighted by Crippen LogP contribution is -2.35. The molecule has 1 heterocycles. The molecule has 1 saturated heterocycles. The predicted octanol–water partition coefficient (Wildman–Crippen LogP) is 0.614. The normalized spacial score (nSPS) is 41.0. The van der Waals surface area contributed by atoms with Crippen molar-refractivity contribution in [2.75, 3.05) is 19.6 Å². The molecular weight excluding hydrogens is 176 g/mol. The van der Waals surface area contributed by atoms with Gasteiger partial charge in [0.05, 0.1) is 5.92 Å². The molecule has 2 N–H and O–H groups in total. The third-order valence-corrected chi connectivity index (χ3v) is 3.67. The second kappa shape index (κ2) is 3.89. The van der Waals surface area contributed by atoms with Crippen molar-refractivity contribution in [2.24, 2.45) is 23.7 Å². The Morgan fingerprint density at radius 1 is 1.36 bits per heavy atom. The van der Waals surface area contributed by atoms with Gasteiger partial charge in [-0.2, -0.15) is 0 Å². The molecule has 1 aliphatic carbocycles. The van der Waals surface area contributed by atoms with E-state index in [1.54, 1.807) is 0 Å². The minimum atomic E-state index is 0.198. The lowest BCUT2D eigenvalue weighted by Gasteiger charge is -2.13. The maximum atomic E-state index is 11.7. The van der Waals surface area contributed by atoms with Gasteiger partial charge in [0.25, 0.3) is 0 Å². The van der Waals surface area contributed by atoms with Gasteiger partial charge in [-0.3, -0.25) is 4.79 Å². The summed E-state index contributed by atoms with van der Waals surface area (Å²) in [6.07, 6.45) is 1.29. The van der Waals surface area contributed by atoms with E-state index in [1.165, 1.54) is 6.42 Å². The molecular formula is C11H20N2O. The second-order valence-electron chi connectivity index (χ2n) is 4.96. The number of rotatable bonds is 3. The summed E-state index contributed by atoms with van der Waals surface area (Å²) in [7, 11) is 0. The molecule has 2 rings (SSSR count). The van der Waals surface area contributed by atoms with E-state index < -0.39 is 0 Å². The van der Waals surface area contributed by atoms with Gasteiger partial charge < -0.3 is 10.6 Å². The van der Waals surface area contributed by atoms with Crippen molar-refractivity contribution in [3.63, 3.8) is 0 Å². The van der Waals surface area contributed by atoms with Crippen molar-refractivity contribution in [3.05, 3.63) is 0 Å². The number of hydrogen-bond donors (Lipinski definition) is 2. The Morgan fingerprint density at radius 2 is 2.07 bits per heavy atom. The van der Waals surface area contributed by atoms with Crippen LogP contribution in [0.2, 0.25) is 0 Å². The molecule has 2 unspecified atom stereocenters. The van der Waals surface area contributed by atoms with Crippen molar-refractivity contribution < 1.29 is 4.79 Å². The fourth-order valence-corrected chi connectivity index (χ4v) is 2.21. The molecule has 0 spiro atoms. The van der Waals surface area contributed by atoms with E-state index in [4.69, 9.17) is 0 Å². The van der Waals surface area contributed by atoms with Crippen molar-refractivity contribution >= 4 is 5.91 Å². The highest BCUT2D eigenvalue weighted by atomic mass is 16.1. The number of nitrogens with one attached hydrogen (secondary N) is 2. The van der Waals surface area contributed by atoms with Crippen molar-refractivity contribution in [1.82, 2.24) is 10.6 Å². The van der Waals surface area contributed by atoms with E-state index in [0.29, 0.717) is 5.92 Å². The van der Waals surface area contributed by atoms with Crippen LogP contribution >= 0.6 is 0 Å². The van der Waals surface area contributed by atoms with E-state index in [0.717, 1.165) is 31.5 Å². The van der Waals surface area contributed by atoms with Gasteiger partial charge in [-0.1, -0.05) is 13.8 Å². The average Bonchev–Trinajstić information content (AvgIpc) is 2.67. The maximum absolute atomic E-state index is 11.7. The third kappa shape index (κ3) is 2.08. The zero-order chi connectivity index (χ0) is 10.1. The van der Waals surface area contributed by atoms with Crippen LogP contribution in [0.4, 0.5) is 0 Å². The zero-order valence-electron chi connectivity index (χ0n) is 9.05. The van der Waals surface area contributed by atoms with E-state index in [9.17, 15) is 4.79 Å². The summed E-state index contributed by atoms with van der Waals surface area (Å²) in [5.41, 5.74) is 0. The quantitative estimate of drug-likeness (QED) is 0.694. The van der Waals surface area contributed by atoms with E-state index >= 15 is 0 Å². The van der Waals surface area contributed by atoms with Crippen LogP contribution in [0.5, 0.6) is 0 Å². The van der Waals surface area contributed by atoms with Crippen LogP contribution in [0.1, 0.15) is 20.3 Å². The summed E-state index contributed by atoms with van der Waals surface area (Å²) in [5, 5.41) is 6.32. The number of carbonyl (C=O) groups is 1. The van der Waals surface area contributed by atoms with Gasteiger partial charge in [-0.25, -0.2) is 0 Å². The van der Waals surface area contributed by atoms with Gasteiger partial charge in [0.1, 0.15) is 0 Å². The minimum absolute atomic E-state index is 0.198. The first kappa shape index (κ1) is 9.97. The molecule has 0 radical (unpaired) electrons. The lowest BCUT2D eigenvalue weighted by molar-refractivity contribution is -0.125. The van der Waals surface area contributed by atoms with E-state index in [-0.39, 0.29) is 11.8 Å². The van der Waals surface area contributed by atoms with Gasteiger partial charge >= 0.3 is 0 Å². The molecule has 4 atom stereocenters. The highest BCUT2D eigenvalue weighted by Crippen LogP contribution is 2.36. The molecule has 14 heavy (non-hydrogen) atoms. The van der Waals surface area contributed by atoms with Crippen LogP contribution in [0.3, 0.4) is 0 Å². The molecule has 3 heteroatoms. The van der Waals surface area contributed by atoms with Gasteiger partial charge in [0.15, 0.2) is 0 Å². The van der Waals surface area contributed by atoms with Crippen molar-refractivity contribution in [2.45, 2.75) is 20.3 Å². The monoisotopic (exact) mass is 196 g/mol. The van der Waals surface area contributed by atoms with Crippen molar-refractivity contribution in [3.8, 4) is 0 Å². The predicted molar refractivity (Wildman–Crippen MR) is 55.8 cm³/mol. The molecule has 1 aliphatic heterocycles. The third-order valence-electron chi connectivity index (χ3n) is 3.67.